The van der Waals surface area contributed by atoms with Gasteiger partial charge in [0.05, 0.1) is 17.9 Å². The van der Waals surface area contributed by atoms with Crippen LogP contribution in [0.5, 0.6) is 0 Å². The number of ketones is 1. The fraction of sp³-hybridized carbons (Fsp3) is 0.273. The van der Waals surface area contributed by atoms with Crippen LogP contribution < -0.4 is 4.90 Å². The van der Waals surface area contributed by atoms with Crippen molar-refractivity contribution in [3.8, 4) is 0 Å². The predicted octanol–water partition coefficient (Wildman–Crippen LogP) is 3.74. The van der Waals surface area contributed by atoms with Gasteiger partial charge in [-0.2, -0.15) is 0 Å². The molecule has 0 aromatic heterocycles. The number of likely N-dealkylation sites (tertiary alicyclic amines) is 1. The molecule has 2 aromatic rings. The van der Waals surface area contributed by atoms with E-state index in [4.69, 9.17) is 0 Å². The van der Waals surface area contributed by atoms with Crippen molar-refractivity contribution in [1.29, 1.82) is 0 Å². The van der Waals surface area contributed by atoms with Gasteiger partial charge in [0, 0.05) is 11.1 Å². The Bertz CT molecular complexity index is 851. The Kier molecular flexibility index (Phi) is 4.67. The smallest absolute Gasteiger partial charge is 0.260 e. The Morgan fingerprint density at radius 2 is 1.62 bits per heavy atom. The highest BCUT2D eigenvalue weighted by molar-refractivity contribution is 6.35. The molecule has 0 N–H and O–H groups in total. The summed E-state index contributed by atoms with van der Waals surface area (Å²) in [5.41, 5.74) is 2.83. The van der Waals surface area contributed by atoms with Crippen molar-refractivity contribution >= 4 is 23.0 Å². The predicted molar refractivity (Wildman–Crippen MR) is 103 cm³/mol. The minimum absolute atomic E-state index is 0.0824. The monoisotopic (exact) mass is 346 g/mol. The van der Waals surface area contributed by atoms with Gasteiger partial charge in [0.1, 0.15) is 0 Å². The number of hydrogen-bond donors (Lipinski definition) is 0. The molecule has 0 atom stereocenters. The van der Waals surface area contributed by atoms with Gasteiger partial charge in [-0.3, -0.25) is 19.4 Å². The zero-order chi connectivity index (χ0) is 17.9. The summed E-state index contributed by atoms with van der Waals surface area (Å²) < 4.78 is 0. The molecular formula is C22H22N2O2. The first-order chi connectivity index (χ1) is 12.7. The Balaban J connectivity index is 1.65. The van der Waals surface area contributed by atoms with Gasteiger partial charge in [0.2, 0.25) is 0 Å². The highest BCUT2D eigenvalue weighted by atomic mass is 16.2. The van der Waals surface area contributed by atoms with Gasteiger partial charge in [0.25, 0.3) is 5.91 Å². The van der Waals surface area contributed by atoms with Crippen molar-refractivity contribution in [3.05, 3.63) is 71.8 Å². The number of piperidine rings is 1. The zero-order valence-corrected chi connectivity index (χ0v) is 14.7. The lowest BCUT2D eigenvalue weighted by Gasteiger charge is -2.30. The molecule has 26 heavy (non-hydrogen) atoms. The second-order valence-electron chi connectivity index (χ2n) is 6.86. The Morgan fingerprint density at radius 1 is 0.923 bits per heavy atom. The van der Waals surface area contributed by atoms with Crippen molar-refractivity contribution in [2.24, 2.45) is 0 Å². The SMILES string of the molecule is O=C(C=C1C(=O)N(CN2CCCCC2)c2ccccc21)c1ccccc1. The molecule has 2 aliphatic heterocycles. The van der Waals surface area contributed by atoms with E-state index < -0.39 is 0 Å². The number of anilines is 1. The third-order valence-electron chi connectivity index (χ3n) is 5.08. The van der Waals surface area contributed by atoms with Crippen LogP contribution in [-0.4, -0.2) is 36.3 Å². The Labute approximate surface area is 153 Å². The molecule has 1 amide bonds. The minimum atomic E-state index is -0.136. The summed E-state index contributed by atoms with van der Waals surface area (Å²) in [6.07, 6.45) is 5.11. The van der Waals surface area contributed by atoms with E-state index in [1.807, 2.05) is 47.4 Å². The molecule has 1 saturated heterocycles. The first-order valence-electron chi connectivity index (χ1n) is 9.19. The van der Waals surface area contributed by atoms with E-state index in [1.54, 1.807) is 12.1 Å². The third-order valence-corrected chi connectivity index (χ3v) is 5.08. The summed E-state index contributed by atoms with van der Waals surface area (Å²) in [6, 6.07) is 16.8. The number of amides is 1. The number of benzene rings is 2. The van der Waals surface area contributed by atoms with Gasteiger partial charge in [0.15, 0.2) is 5.78 Å². The van der Waals surface area contributed by atoms with Crippen LogP contribution in [0, 0.1) is 0 Å². The normalized spacial score (nSPS) is 19.0. The summed E-state index contributed by atoms with van der Waals surface area (Å²) in [5.74, 6) is -0.218. The molecular weight excluding hydrogens is 324 g/mol. The van der Waals surface area contributed by atoms with Crippen LogP contribution >= 0.6 is 0 Å². The first kappa shape index (κ1) is 16.7. The maximum Gasteiger partial charge on any atom is 0.260 e. The van der Waals surface area contributed by atoms with E-state index in [0.717, 1.165) is 24.3 Å². The molecule has 0 bridgehead atoms. The molecule has 1 fully saturated rings. The molecule has 4 nitrogen and oxygen atoms in total. The number of carbonyl (C=O) groups is 2. The van der Waals surface area contributed by atoms with E-state index in [9.17, 15) is 9.59 Å². The van der Waals surface area contributed by atoms with Gasteiger partial charge in [-0.15, -0.1) is 0 Å². The molecule has 0 unspecified atom stereocenters. The minimum Gasteiger partial charge on any atom is -0.294 e. The maximum atomic E-state index is 13.1. The van der Waals surface area contributed by atoms with Gasteiger partial charge >= 0.3 is 0 Å². The molecule has 0 radical (unpaired) electrons. The molecule has 0 saturated carbocycles. The van der Waals surface area contributed by atoms with Crippen LogP contribution in [0.25, 0.3) is 5.57 Å². The lowest BCUT2D eigenvalue weighted by atomic mass is 10.0. The first-order valence-corrected chi connectivity index (χ1v) is 9.19. The Hall–Kier alpha value is -2.72. The highest BCUT2D eigenvalue weighted by Gasteiger charge is 2.33. The van der Waals surface area contributed by atoms with E-state index in [-0.39, 0.29) is 11.7 Å². The second-order valence-corrected chi connectivity index (χ2v) is 6.86. The van der Waals surface area contributed by atoms with Crippen LogP contribution in [0.3, 0.4) is 0 Å². The van der Waals surface area contributed by atoms with Gasteiger partial charge in [-0.05, 0) is 38.1 Å². The molecule has 0 spiro atoms. The zero-order valence-electron chi connectivity index (χ0n) is 14.7. The van der Waals surface area contributed by atoms with E-state index >= 15 is 0 Å². The molecule has 4 rings (SSSR count). The molecule has 132 valence electrons. The second kappa shape index (κ2) is 7.26. The van der Waals surface area contributed by atoms with Crippen LogP contribution in [0.15, 0.2) is 60.7 Å². The summed E-state index contributed by atoms with van der Waals surface area (Å²) in [6.45, 7) is 2.63. The van der Waals surface area contributed by atoms with Crippen molar-refractivity contribution < 1.29 is 9.59 Å². The fourth-order valence-corrected chi connectivity index (χ4v) is 3.70. The molecule has 2 aromatic carbocycles. The lowest BCUT2D eigenvalue weighted by Crippen LogP contribution is -2.42. The number of hydrogen-bond acceptors (Lipinski definition) is 3. The van der Waals surface area contributed by atoms with Crippen LogP contribution in [0.1, 0.15) is 35.2 Å². The van der Waals surface area contributed by atoms with Crippen molar-refractivity contribution in [2.75, 3.05) is 24.7 Å². The fourth-order valence-electron chi connectivity index (χ4n) is 3.70. The summed E-state index contributed by atoms with van der Waals surface area (Å²) in [7, 11) is 0. The molecule has 2 aliphatic rings. The third kappa shape index (κ3) is 3.20. The van der Waals surface area contributed by atoms with Crippen LogP contribution in [0.4, 0.5) is 5.69 Å². The number of nitrogens with zero attached hydrogens (tertiary/aromatic N) is 2. The highest BCUT2D eigenvalue weighted by Crippen LogP contribution is 2.37. The van der Waals surface area contributed by atoms with Crippen molar-refractivity contribution in [3.63, 3.8) is 0 Å². The van der Waals surface area contributed by atoms with Gasteiger partial charge in [-0.25, -0.2) is 0 Å². The average molecular weight is 346 g/mol. The number of para-hydroxylation sites is 1. The number of rotatable bonds is 4. The molecule has 0 aliphatic carbocycles. The molecule has 4 heteroatoms. The summed E-state index contributed by atoms with van der Waals surface area (Å²) in [4.78, 5) is 29.8. The lowest BCUT2D eigenvalue weighted by molar-refractivity contribution is -0.113. The number of fused-ring (bicyclic) bond motifs is 1. The quantitative estimate of drug-likeness (QED) is 0.625. The van der Waals surface area contributed by atoms with Crippen LogP contribution in [0.2, 0.25) is 0 Å². The number of allylic oxidation sites excluding steroid dienone is 1. The van der Waals surface area contributed by atoms with Crippen molar-refractivity contribution in [1.82, 2.24) is 4.90 Å². The van der Waals surface area contributed by atoms with Gasteiger partial charge < -0.3 is 0 Å². The van der Waals surface area contributed by atoms with E-state index in [1.165, 1.54) is 25.3 Å². The largest absolute Gasteiger partial charge is 0.294 e. The molecule has 2 heterocycles. The van der Waals surface area contributed by atoms with Crippen molar-refractivity contribution in [2.45, 2.75) is 19.3 Å². The number of carbonyl (C=O) groups excluding carboxylic acids is 2. The van der Waals surface area contributed by atoms with E-state index in [0.29, 0.717) is 17.8 Å². The maximum absolute atomic E-state index is 13.1. The summed E-state index contributed by atoms with van der Waals surface area (Å²) >= 11 is 0. The van der Waals surface area contributed by atoms with Crippen LogP contribution in [-0.2, 0) is 4.79 Å². The Morgan fingerprint density at radius 3 is 2.38 bits per heavy atom. The summed E-state index contributed by atoms with van der Waals surface area (Å²) in [5, 5.41) is 0. The van der Waals surface area contributed by atoms with Gasteiger partial charge in [-0.1, -0.05) is 55.0 Å². The standard InChI is InChI=1S/C22H22N2O2/c25-21(17-9-3-1-4-10-17)15-19-18-11-5-6-12-20(18)24(22(19)26)16-23-13-7-2-8-14-23/h1,3-6,9-12,15H,2,7-8,13-14,16H2. The average Bonchev–Trinajstić information content (AvgIpc) is 2.95. The topological polar surface area (TPSA) is 40.6 Å². The van der Waals surface area contributed by atoms with E-state index in [2.05, 4.69) is 4.90 Å².